The van der Waals surface area contributed by atoms with Crippen molar-refractivity contribution in [3.63, 3.8) is 0 Å². The minimum absolute atomic E-state index is 0.134. The molecule has 1 amide bonds. The second kappa shape index (κ2) is 14.8. The summed E-state index contributed by atoms with van der Waals surface area (Å²) in [5.74, 6) is -0.134. The summed E-state index contributed by atoms with van der Waals surface area (Å²) in [5, 5.41) is 2.97. The Hall–Kier alpha value is -2.34. The fourth-order valence-corrected chi connectivity index (χ4v) is 4.07. The van der Waals surface area contributed by atoms with Gasteiger partial charge in [0.2, 0.25) is 0 Å². The number of benzene rings is 2. The van der Waals surface area contributed by atoms with Gasteiger partial charge in [-0.15, -0.1) is 0 Å². The second-order valence-electron chi connectivity index (χ2n) is 9.07. The number of carbonyl (C=O) groups is 1. The van der Waals surface area contributed by atoms with Gasteiger partial charge in [0.05, 0.1) is 5.56 Å². The van der Waals surface area contributed by atoms with E-state index in [4.69, 9.17) is 5.73 Å². The number of nitrogens with two attached hydrogens (primary N) is 1. The number of nitrogens with one attached hydrogen (secondary N) is 1. The Balaban J connectivity index is 1.73. The van der Waals surface area contributed by atoms with E-state index in [9.17, 15) is 18.0 Å². The molecule has 2 rings (SSSR count). The summed E-state index contributed by atoms with van der Waals surface area (Å²) in [7, 11) is 0. The second-order valence-corrected chi connectivity index (χ2v) is 9.07. The Morgan fingerprint density at radius 3 is 2.15 bits per heavy atom. The smallest absolute Gasteiger partial charge is 0.352 e. The van der Waals surface area contributed by atoms with Crippen molar-refractivity contribution in [2.75, 3.05) is 6.54 Å². The van der Waals surface area contributed by atoms with Crippen molar-refractivity contribution < 1.29 is 18.0 Å². The average Bonchev–Trinajstić information content (AvgIpc) is 2.82. The van der Waals surface area contributed by atoms with Crippen molar-refractivity contribution in [1.29, 1.82) is 0 Å². The maximum atomic E-state index is 13.0. The Bertz CT molecular complexity index is 867. The fraction of sp³-hybridized carbons (Fsp3) is 0.536. The SMILES string of the molecule is CCCCCCCCCCCCNC(=O)c1cccc(CC(N)c2cccc(C(F)(F)F)c2)c1. The molecule has 34 heavy (non-hydrogen) atoms. The summed E-state index contributed by atoms with van der Waals surface area (Å²) >= 11 is 0. The normalized spacial score (nSPS) is 12.5. The summed E-state index contributed by atoms with van der Waals surface area (Å²) in [6.45, 7) is 2.87. The topological polar surface area (TPSA) is 55.1 Å². The maximum absolute atomic E-state index is 13.0. The van der Waals surface area contributed by atoms with E-state index in [1.807, 2.05) is 6.07 Å². The molecule has 1 unspecified atom stereocenters. The zero-order valence-corrected chi connectivity index (χ0v) is 20.3. The van der Waals surface area contributed by atoms with Crippen LogP contribution >= 0.6 is 0 Å². The molecule has 0 bridgehead atoms. The Morgan fingerprint density at radius 2 is 1.50 bits per heavy atom. The number of amides is 1. The first kappa shape index (κ1) is 27.9. The van der Waals surface area contributed by atoms with Gasteiger partial charge in [-0.2, -0.15) is 13.2 Å². The Kier molecular flexibility index (Phi) is 12.2. The molecule has 2 aromatic rings. The number of unbranched alkanes of at least 4 members (excludes halogenated alkanes) is 9. The first-order valence-electron chi connectivity index (χ1n) is 12.6. The first-order valence-corrected chi connectivity index (χ1v) is 12.6. The highest BCUT2D eigenvalue weighted by Gasteiger charge is 2.30. The summed E-state index contributed by atoms with van der Waals surface area (Å²) < 4.78 is 38.9. The number of alkyl halides is 3. The summed E-state index contributed by atoms with van der Waals surface area (Å²) in [6, 6.07) is 11.6. The molecule has 6 heteroatoms. The average molecular weight is 477 g/mol. The predicted octanol–water partition coefficient (Wildman–Crippen LogP) is 7.60. The highest BCUT2D eigenvalue weighted by molar-refractivity contribution is 5.94. The number of carbonyl (C=O) groups excluding carboxylic acids is 1. The first-order chi connectivity index (χ1) is 16.3. The van der Waals surface area contributed by atoms with Crippen LogP contribution in [0.3, 0.4) is 0 Å². The van der Waals surface area contributed by atoms with Crippen molar-refractivity contribution in [2.24, 2.45) is 5.73 Å². The number of hydrogen-bond acceptors (Lipinski definition) is 2. The lowest BCUT2D eigenvalue weighted by atomic mass is 9.97. The predicted molar refractivity (Wildman–Crippen MR) is 133 cm³/mol. The van der Waals surface area contributed by atoms with Crippen molar-refractivity contribution in [3.05, 3.63) is 70.8 Å². The van der Waals surface area contributed by atoms with E-state index >= 15 is 0 Å². The van der Waals surface area contributed by atoms with E-state index in [0.717, 1.165) is 30.5 Å². The van der Waals surface area contributed by atoms with Crippen LogP contribution in [-0.4, -0.2) is 12.5 Å². The Morgan fingerprint density at radius 1 is 0.882 bits per heavy atom. The summed E-state index contributed by atoms with van der Waals surface area (Å²) in [5.41, 5.74) is 7.25. The lowest BCUT2D eigenvalue weighted by molar-refractivity contribution is -0.137. The minimum Gasteiger partial charge on any atom is -0.352 e. The molecule has 0 saturated heterocycles. The maximum Gasteiger partial charge on any atom is 0.416 e. The van der Waals surface area contributed by atoms with Gasteiger partial charge in [-0.05, 0) is 48.2 Å². The van der Waals surface area contributed by atoms with Gasteiger partial charge >= 0.3 is 6.18 Å². The van der Waals surface area contributed by atoms with Crippen molar-refractivity contribution in [1.82, 2.24) is 5.32 Å². The van der Waals surface area contributed by atoms with Gasteiger partial charge in [-0.3, -0.25) is 4.79 Å². The molecule has 0 fully saturated rings. The van der Waals surface area contributed by atoms with E-state index in [0.29, 0.717) is 24.1 Å². The molecule has 2 aromatic carbocycles. The molecule has 1 atom stereocenters. The van der Waals surface area contributed by atoms with Crippen molar-refractivity contribution >= 4 is 5.91 Å². The zero-order chi connectivity index (χ0) is 24.8. The molecule has 0 spiro atoms. The van der Waals surface area contributed by atoms with Gasteiger partial charge in [-0.25, -0.2) is 0 Å². The molecular weight excluding hydrogens is 437 g/mol. The fourth-order valence-electron chi connectivity index (χ4n) is 4.07. The lowest BCUT2D eigenvalue weighted by Crippen LogP contribution is -2.24. The molecule has 0 aliphatic rings. The Labute approximate surface area is 202 Å². The molecule has 0 saturated carbocycles. The van der Waals surface area contributed by atoms with Crippen LogP contribution in [0.25, 0.3) is 0 Å². The molecule has 3 N–H and O–H groups in total. The van der Waals surface area contributed by atoms with E-state index in [1.165, 1.54) is 57.4 Å². The molecule has 0 aliphatic heterocycles. The highest BCUT2D eigenvalue weighted by atomic mass is 19.4. The van der Waals surface area contributed by atoms with Crippen molar-refractivity contribution in [3.8, 4) is 0 Å². The van der Waals surface area contributed by atoms with Crippen molar-refractivity contribution in [2.45, 2.75) is 89.8 Å². The van der Waals surface area contributed by atoms with Crippen LogP contribution in [0, 0.1) is 0 Å². The van der Waals surface area contributed by atoms with Crippen LogP contribution in [0.4, 0.5) is 13.2 Å². The third-order valence-corrected chi connectivity index (χ3v) is 6.10. The van der Waals surface area contributed by atoms with Crippen LogP contribution in [0.5, 0.6) is 0 Å². The van der Waals surface area contributed by atoms with Crippen LogP contribution in [0.1, 0.15) is 104 Å². The molecule has 188 valence electrons. The third-order valence-electron chi connectivity index (χ3n) is 6.10. The van der Waals surface area contributed by atoms with Gasteiger partial charge in [0.15, 0.2) is 0 Å². The van der Waals surface area contributed by atoms with E-state index in [-0.39, 0.29) is 5.91 Å². The van der Waals surface area contributed by atoms with Gasteiger partial charge in [0, 0.05) is 18.2 Å². The van der Waals surface area contributed by atoms with Crippen LogP contribution in [0.15, 0.2) is 48.5 Å². The van der Waals surface area contributed by atoms with Crippen LogP contribution in [-0.2, 0) is 12.6 Å². The summed E-state index contributed by atoms with van der Waals surface area (Å²) in [6.07, 6.45) is 8.41. The van der Waals surface area contributed by atoms with Crippen LogP contribution in [0.2, 0.25) is 0 Å². The molecule has 3 nitrogen and oxygen atoms in total. The minimum atomic E-state index is -4.40. The largest absolute Gasteiger partial charge is 0.416 e. The quantitative estimate of drug-likeness (QED) is 0.260. The lowest BCUT2D eigenvalue weighted by Gasteiger charge is -2.15. The van der Waals surface area contributed by atoms with Gasteiger partial charge in [0.1, 0.15) is 0 Å². The van der Waals surface area contributed by atoms with Gasteiger partial charge < -0.3 is 11.1 Å². The number of hydrogen-bond donors (Lipinski definition) is 2. The molecule has 0 heterocycles. The molecular formula is C28H39F3N2O. The molecule has 0 aliphatic carbocycles. The molecule has 0 aromatic heterocycles. The van der Waals surface area contributed by atoms with Crippen LogP contribution < -0.4 is 11.1 Å². The standard InChI is InChI=1S/C28H39F3N2O/c1-2-3-4-5-6-7-8-9-10-11-18-33-27(34)24-16-12-14-22(19-24)20-26(32)23-15-13-17-25(21-23)28(29,30)31/h12-17,19,21,26H,2-11,18,20,32H2,1H3,(H,33,34). The number of halogens is 3. The van der Waals surface area contributed by atoms with E-state index < -0.39 is 17.8 Å². The number of rotatable bonds is 15. The molecule has 0 radical (unpaired) electrons. The van der Waals surface area contributed by atoms with E-state index in [1.54, 1.807) is 24.3 Å². The van der Waals surface area contributed by atoms with Gasteiger partial charge in [0.25, 0.3) is 5.91 Å². The van der Waals surface area contributed by atoms with Gasteiger partial charge in [-0.1, -0.05) is 89.0 Å². The summed E-state index contributed by atoms with van der Waals surface area (Å²) in [4.78, 5) is 12.5. The van der Waals surface area contributed by atoms with E-state index in [2.05, 4.69) is 12.2 Å². The zero-order valence-electron chi connectivity index (χ0n) is 20.3. The highest BCUT2D eigenvalue weighted by Crippen LogP contribution is 2.31. The monoisotopic (exact) mass is 476 g/mol. The third kappa shape index (κ3) is 10.3.